The highest BCUT2D eigenvalue weighted by atomic mass is 35.5. The van der Waals surface area contributed by atoms with Crippen LogP contribution in [-0.4, -0.2) is 20.4 Å². The van der Waals surface area contributed by atoms with Gasteiger partial charge in [0.15, 0.2) is 5.65 Å². The molecule has 4 rings (SSSR count). The Bertz CT molecular complexity index is 1260. The first kappa shape index (κ1) is 19.5. The minimum Gasteiger partial charge on any atom is -0.267 e. The fourth-order valence-electron chi connectivity index (χ4n) is 3.27. The van der Waals surface area contributed by atoms with Crippen molar-refractivity contribution in [1.29, 1.82) is 0 Å². The van der Waals surface area contributed by atoms with E-state index in [0.29, 0.717) is 21.7 Å². The summed E-state index contributed by atoms with van der Waals surface area (Å²) in [6.45, 7) is -1.39. The van der Waals surface area contributed by atoms with E-state index in [9.17, 15) is 18.0 Å². The highest BCUT2D eigenvalue weighted by molar-refractivity contribution is 6.33. The smallest absolute Gasteiger partial charge is 0.267 e. The topological polar surface area (TPSA) is 39.3 Å². The Morgan fingerprint density at radius 3 is 2.31 bits per heavy atom. The third-order valence-corrected chi connectivity index (χ3v) is 4.96. The van der Waals surface area contributed by atoms with E-state index in [0.717, 1.165) is 15.3 Å². The molecular formula is C20H12Cl2F3N3O. The maximum Gasteiger partial charge on any atom is 0.407 e. The lowest BCUT2D eigenvalue weighted by Gasteiger charge is -2.15. The summed E-state index contributed by atoms with van der Waals surface area (Å²) in [5, 5.41) is 0.721. The van der Waals surface area contributed by atoms with Crippen LogP contribution >= 0.6 is 23.2 Å². The summed E-state index contributed by atoms with van der Waals surface area (Å²) in [5.41, 5.74) is 0.878. The Balaban J connectivity index is 2.20. The van der Waals surface area contributed by atoms with Crippen molar-refractivity contribution in [3.8, 4) is 22.4 Å². The van der Waals surface area contributed by atoms with Crippen molar-refractivity contribution in [3.05, 3.63) is 81.2 Å². The van der Waals surface area contributed by atoms with Gasteiger partial charge in [-0.3, -0.25) is 9.48 Å². The number of hydrogen-bond donors (Lipinski definition) is 0. The van der Waals surface area contributed by atoms with E-state index in [1.807, 2.05) is 0 Å². The van der Waals surface area contributed by atoms with Gasteiger partial charge in [-0.15, -0.1) is 0 Å². The minimum atomic E-state index is -4.57. The molecule has 0 spiro atoms. The summed E-state index contributed by atoms with van der Waals surface area (Å²) in [4.78, 5) is 16.7. The van der Waals surface area contributed by atoms with Crippen molar-refractivity contribution in [2.24, 2.45) is 0 Å². The van der Waals surface area contributed by atoms with Crippen LogP contribution in [0.5, 0.6) is 0 Å². The molecular weight excluding hydrogens is 426 g/mol. The molecule has 0 atom stereocenters. The summed E-state index contributed by atoms with van der Waals surface area (Å²) in [6, 6.07) is 14.2. The monoisotopic (exact) mass is 437 g/mol. The number of hydrogen-bond acceptors (Lipinski definition) is 2. The van der Waals surface area contributed by atoms with Crippen LogP contribution in [0.4, 0.5) is 13.2 Å². The van der Waals surface area contributed by atoms with E-state index in [-0.39, 0.29) is 16.4 Å². The first-order valence-electron chi connectivity index (χ1n) is 8.44. The van der Waals surface area contributed by atoms with Crippen LogP contribution in [-0.2, 0) is 6.54 Å². The Labute approximate surface area is 172 Å². The number of benzene rings is 2. The van der Waals surface area contributed by atoms with Crippen LogP contribution in [0.2, 0.25) is 10.0 Å². The van der Waals surface area contributed by atoms with E-state index < -0.39 is 18.3 Å². The Morgan fingerprint density at radius 1 is 0.966 bits per heavy atom. The van der Waals surface area contributed by atoms with Crippen molar-refractivity contribution in [2.75, 3.05) is 0 Å². The van der Waals surface area contributed by atoms with Crippen LogP contribution in [0.15, 0.2) is 65.6 Å². The first-order valence-corrected chi connectivity index (χ1v) is 9.20. The van der Waals surface area contributed by atoms with Gasteiger partial charge in [0.1, 0.15) is 6.54 Å². The van der Waals surface area contributed by atoms with Crippen LogP contribution in [0.1, 0.15) is 0 Å². The molecule has 2 aromatic heterocycles. The first-order chi connectivity index (χ1) is 13.8. The third-order valence-electron chi connectivity index (χ3n) is 4.37. The van der Waals surface area contributed by atoms with Gasteiger partial charge in [-0.2, -0.15) is 17.7 Å². The number of alkyl halides is 3. The highest BCUT2D eigenvalue weighted by Crippen LogP contribution is 2.40. The Morgan fingerprint density at radius 2 is 1.66 bits per heavy atom. The van der Waals surface area contributed by atoms with Crippen LogP contribution in [0, 0.1) is 0 Å². The number of halogens is 5. The van der Waals surface area contributed by atoms with Gasteiger partial charge in [0.25, 0.3) is 5.56 Å². The van der Waals surface area contributed by atoms with E-state index in [2.05, 4.69) is 4.98 Å². The standard InChI is InChI=1S/C20H12Cl2F3N3O/c21-13-7-5-12(6-8-13)17-18(14-3-1-2-4-15(14)22)27(11-20(23,24)25)28-16(29)9-10-26-19(17)28/h1-10H,11H2. The number of rotatable bonds is 3. The molecule has 0 radical (unpaired) electrons. The van der Waals surface area contributed by atoms with Crippen LogP contribution in [0.25, 0.3) is 28.0 Å². The molecule has 29 heavy (non-hydrogen) atoms. The summed E-state index contributed by atoms with van der Waals surface area (Å²) in [7, 11) is 0. The second kappa shape index (κ2) is 7.24. The van der Waals surface area contributed by atoms with Gasteiger partial charge < -0.3 is 0 Å². The van der Waals surface area contributed by atoms with E-state index in [4.69, 9.17) is 23.2 Å². The molecule has 0 saturated heterocycles. The average molecular weight is 438 g/mol. The molecule has 0 fully saturated rings. The average Bonchev–Trinajstić information content (AvgIpc) is 2.96. The predicted molar refractivity (Wildman–Crippen MR) is 106 cm³/mol. The summed E-state index contributed by atoms with van der Waals surface area (Å²) in [5.74, 6) is 0. The normalized spacial score (nSPS) is 11.9. The molecule has 4 aromatic rings. The molecule has 0 bridgehead atoms. The maximum atomic E-state index is 13.5. The van der Waals surface area contributed by atoms with Crippen LogP contribution in [0.3, 0.4) is 0 Å². The summed E-state index contributed by atoms with van der Waals surface area (Å²) < 4.78 is 42.2. The molecule has 0 N–H and O–H groups in total. The lowest BCUT2D eigenvalue weighted by Crippen LogP contribution is -2.27. The van der Waals surface area contributed by atoms with Gasteiger partial charge in [-0.1, -0.05) is 53.5 Å². The number of fused-ring (bicyclic) bond motifs is 1. The van der Waals surface area contributed by atoms with Crippen molar-refractivity contribution in [1.82, 2.24) is 14.2 Å². The molecule has 0 saturated carbocycles. The van der Waals surface area contributed by atoms with Gasteiger partial charge in [0.2, 0.25) is 0 Å². The van der Waals surface area contributed by atoms with Gasteiger partial charge >= 0.3 is 6.18 Å². The molecule has 148 valence electrons. The zero-order valence-corrected chi connectivity index (χ0v) is 16.1. The van der Waals surface area contributed by atoms with Crippen LogP contribution < -0.4 is 5.56 Å². The summed E-state index contributed by atoms with van der Waals surface area (Å²) >= 11 is 12.3. The fourth-order valence-corrected chi connectivity index (χ4v) is 3.62. The molecule has 0 amide bonds. The molecule has 4 nitrogen and oxygen atoms in total. The SMILES string of the molecule is O=c1ccnc2c(-c3ccc(Cl)cc3)c(-c3ccccc3Cl)n(CC(F)(F)F)n12. The second-order valence-electron chi connectivity index (χ2n) is 6.30. The predicted octanol–water partition coefficient (Wildman–Crippen LogP) is 5.70. The van der Waals surface area contributed by atoms with E-state index in [1.165, 1.54) is 6.20 Å². The largest absolute Gasteiger partial charge is 0.407 e. The lowest BCUT2D eigenvalue weighted by atomic mass is 10.0. The molecule has 0 aliphatic heterocycles. The van der Waals surface area contributed by atoms with Crippen molar-refractivity contribution < 1.29 is 13.2 Å². The van der Waals surface area contributed by atoms with E-state index >= 15 is 0 Å². The minimum absolute atomic E-state index is 0.0963. The van der Waals surface area contributed by atoms with Gasteiger partial charge in [0.05, 0.1) is 11.3 Å². The van der Waals surface area contributed by atoms with Crippen molar-refractivity contribution in [3.63, 3.8) is 0 Å². The highest BCUT2D eigenvalue weighted by Gasteiger charge is 2.33. The number of nitrogens with zero attached hydrogens (tertiary/aromatic N) is 3. The second-order valence-corrected chi connectivity index (χ2v) is 7.15. The summed E-state index contributed by atoms with van der Waals surface area (Å²) in [6.07, 6.45) is -3.31. The molecule has 9 heteroatoms. The van der Waals surface area contributed by atoms with E-state index in [1.54, 1.807) is 48.5 Å². The fraction of sp³-hybridized carbons (Fsp3) is 0.100. The third kappa shape index (κ3) is 3.63. The zero-order chi connectivity index (χ0) is 20.8. The van der Waals surface area contributed by atoms with Gasteiger partial charge in [-0.25, -0.2) is 4.98 Å². The zero-order valence-electron chi connectivity index (χ0n) is 14.6. The Kier molecular flexibility index (Phi) is 4.88. The lowest BCUT2D eigenvalue weighted by molar-refractivity contribution is -0.142. The van der Waals surface area contributed by atoms with Gasteiger partial charge in [-0.05, 0) is 23.8 Å². The Hall–Kier alpha value is -2.77. The maximum absolute atomic E-state index is 13.5. The quantitative estimate of drug-likeness (QED) is 0.412. The van der Waals surface area contributed by atoms with Crippen molar-refractivity contribution in [2.45, 2.75) is 12.7 Å². The number of aromatic nitrogens is 3. The van der Waals surface area contributed by atoms with Gasteiger partial charge in [0, 0.05) is 27.9 Å². The van der Waals surface area contributed by atoms with Crippen molar-refractivity contribution >= 4 is 28.8 Å². The molecule has 2 aromatic carbocycles. The molecule has 2 heterocycles. The molecule has 0 aliphatic carbocycles. The molecule has 0 unspecified atom stereocenters. The molecule has 0 aliphatic rings.